The van der Waals surface area contributed by atoms with Crippen LogP contribution in [-0.4, -0.2) is 63.6 Å². The molecule has 0 bridgehead atoms. The highest BCUT2D eigenvalue weighted by molar-refractivity contribution is 7.89. The van der Waals surface area contributed by atoms with Gasteiger partial charge in [0.25, 0.3) is 0 Å². The Balaban J connectivity index is 1.64. The third-order valence-corrected chi connectivity index (χ3v) is 7.11. The first kappa shape index (κ1) is 21.8. The minimum atomic E-state index is -3.60. The van der Waals surface area contributed by atoms with Gasteiger partial charge in [0.1, 0.15) is 0 Å². The van der Waals surface area contributed by atoms with Crippen molar-refractivity contribution in [1.82, 2.24) is 14.6 Å². The van der Waals surface area contributed by atoms with E-state index < -0.39 is 10.0 Å². The first-order chi connectivity index (χ1) is 13.8. The highest BCUT2D eigenvalue weighted by Crippen LogP contribution is 2.33. The van der Waals surface area contributed by atoms with Crippen LogP contribution < -0.4 is 10.0 Å². The summed E-state index contributed by atoms with van der Waals surface area (Å²) in [6.45, 7) is 7.75. The maximum absolute atomic E-state index is 12.7. The first-order valence-electron chi connectivity index (χ1n) is 9.50. The van der Waals surface area contributed by atoms with E-state index in [1.165, 1.54) is 18.3 Å². The number of nitrogens with zero attached hydrogens (tertiary/aromatic N) is 2. The van der Waals surface area contributed by atoms with E-state index in [0.29, 0.717) is 11.7 Å². The second kappa shape index (κ2) is 9.77. The van der Waals surface area contributed by atoms with Crippen LogP contribution >= 0.6 is 11.3 Å². The van der Waals surface area contributed by atoms with Gasteiger partial charge in [0.05, 0.1) is 28.7 Å². The van der Waals surface area contributed by atoms with Gasteiger partial charge in [-0.3, -0.25) is 9.69 Å². The van der Waals surface area contributed by atoms with Crippen molar-refractivity contribution in [1.29, 1.82) is 0 Å². The van der Waals surface area contributed by atoms with Crippen LogP contribution in [0.1, 0.15) is 19.0 Å². The molecule has 3 rings (SSSR count). The zero-order valence-electron chi connectivity index (χ0n) is 16.6. The van der Waals surface area contributed by atoms with Crippen LogP contribution in [0.5, 0.6) is 0 Å². The summed E-state index contributed by atoms with van der Waals surface area (Å²) in [4.78, 5) is 18.9. The molecular weight excluding hydrogens is 412 g/mol. The van der Waals surface area contributed by atoms with Gasteiger partial charge >= 0.3 is 0 Å². The summed E-state index contributed by atoms with van der Waals surface area (Å²) >= 11 is 1.32. The Bertz CT molecular complexity index is 953. The normalized spacial score (nSPS) is 15.4. The van der Waals surface area contributed by atoms with Crippen LogP contribution in [0.15, 0.2) is 29.2 Å². The lowest BCUT2D eigenvalue weighted by Crippen LogP contribution is -2.38. The number of ether oxygens (including phenoxy) is 1. The molecule has 0 aliphatic carbocycles. The van der Waals surface area contributed by atoms with E-state index >= 15 is 0 Å². The summed E-state index contributed by atoms with van der Waals surface area (Å²) < 4.78 is 33.4. The van der Waals surface area contributed by atoms with Crippen molar-refractivity contribution >= 4 is 32.4 Å². The molecule has 29 heavy (non-hydrogen) atoms. The average molecular weight is 439 g/mol. The second-order valence-electron chi connectivity index (χ2n) is 6.85. The number of amides is 1. The number of rotatable bonds is 8. The molecule has 0 atom stereocenters. The molecule has 158 valence electrons. The van der Waals surface area contributed by atoms with E-state index in [0.717, 1.165) is 55.4 Å². The van der Waals surface area contributed by atoms with Gasteiger partial charge in [-0.15, -0.1) is 0 Å². The number of benzene rings is 1. The Morgan fingerprint density at radius 1 is 1.31 bits per heavy atom. The lowest BCUT2D eigenvalue weighted by Gasteiger charge is -2.26. The molecule has 1 fully saturated rings. The number of nitrogens with one attached hydrogen (secondary N) is 2. The predicted octanol–water partition coefficient (Wildman–Crippen LogP) is 2.08. The zero-order valence-corrected chi connectivity index (χ0v) is 18.2. The predicted molar refractivity (Wildman–Crippen MR) is 114 cm³/mol. The Labute approximate surface area is 175 Å². The highest BCUT2D eigenvalue weighted by atomic mass is 32.2. The number of morpholine rings is 1. The van der Waals surface area contributed by atoms with E-state index in [9.17, 15) is 13.2 Å². The van der Waals surface area contributed by atoms with Crippen LogP contribution in [0.2, 0.25) is 0 Å². The van der Waals surface area contributed by atoms with E-state index in [1.54, 1.807) is 18.2 Å². The molecule has 0 spiro atoms. The zero-order chi connectivity index (χ0) is 20.9. The number of aryl methyl sites for hydroxylation is 1. The van der Waals surface area contributed by atoms with Crippen molar-refractivity contribution in [3.8, 4) is 10.4 Å². The molecule has 2 heterocycles. The summed E-state index contributed by atoms with van der Waals surface area (Å²) in [7, 11) is -3.60. The number of hydrogen-bond donors (Lipinski definition) is 2. The third kappa shape index (κ3) is 6.06. The lowest BCUT2D eigenvalue weighted by atomic mass is 10.2. The maximum Gasteiger partial charge on any atom is 0.240 e. The molecule has 0 saturated carbocycles. The van der Waals surface area contributed by atoms with Crippen LogP contribution in [0, 0.1) is 6.92 Å². The molecule has 2 aromatic rings. The van der Waals surface area contributed by atoms with E-state index in [1.807, 2.05) is 13.0 Å². The van der Waals surface area contributed by atoms with Crippen LogP contribution in [0.4, 0.5) is 5.13 Å². The average Bonchev–Trinajstić information content (AvgIpc) is 3.05. The number of thiazole rings is 1. The third-order valence-electron chi connectivity index (χ3n) is 4.53. The molecule has 0 radical (unpaired) electrons. The summed E-state index contributed by atoms with van der Waals surface area (Å²) in [5.74, 6) is -0.192. The summed E-state index contributed by atoms with van der Waals surface area (Å²) in [6, 6.07) is 6.78. The monoisotopic (exact) mass is 438 g/mol. The fraction of sp³-hybridized carbons (Fsp3) is 0.474. The largest absolute Gasteiger partial charge is 0.379 e. The number of sulfonamides is 1. The van der Waals surface area contributed by atoms with Crippen molar-refractivity contribution in [2.45, 2.75) is 25.2 Å². The maximum atomic E-state index is 12.7. The Hall–Kier alpha value is -1.85. The van der Waals surface area contributed by atoms with Crippen molar-refractivity contribution in [3.05, 3.63) is 30.0 Å². The Kier molecular flexibility index (Phi) is 7.36. The SMILES string of the molecule is CC(=O)Nc1nc(C)c(-c2cccc(S(=O)(=O)NCCCN3CCOCC3)c2)s1. The Morgan fingerprint density at radius 3 is 2.79 bits per heavy atom. The van der Waals surface area contributed by atoms with E-state index in [4.69, 9.17) is 4.74 Å². The van der Waals surface area contributed by atoms with Crippen LogP contribution in [0.25, 0.3) is 10.4 Å². The van der Waals surface area contributed by atoms with Gasteiger partial charge < -0.3 is 10.1 Å². The highest BCUT2D eigenvalue weighted by Gasteiger charge is 2.17. The first-order valence-corrected chi connectivity index (χ1v) is 11.8. The summed E-state index contributed by atoms with van der Waals surface area (Å²) in [5, 5.41) is 3.17. The molecular formula is C19H26N4O4S2. The molecule has 10 heteroatoms. The van der Waals surface area contributed by atoms with E-state index in [2.05, 4.69) is 19.9 Å². The number of aromatic nitrogens is 1. The fourth-order valence-electron chi connectivity index (χ4n) is 3.09. The van der Waals surface area contributed by atoms with Gasteiger partial charge in [-0.25, -0.2) is 18.1 Å². The van der Waals surface area contributed by atoms with E-state index in [-0.39, 0.29) is 10.8 Å². The smallest absolute Gasteiger partial charge is 0.240 e. The number of hydrogen-bond acceptors (Lipinski definition) is 7. The van der Waals surface area contributed by atoms with Gasteiger partial charge in [-0.05, 0) is 37.6 Å². The van der Waals surface area contributed by atoms with Crippen molar-refractivity contribution in [3.63, 3.8) is 0 Å². The minimum Gasteiger partial charge on any atom is -0.379 e. The molecule has 0 unspecified atom stereocenters. The summed E-state index contributed by atoms with van der Waals surface area (Å²) in [5.41, 5.74) is 1.50. The topological polar surface area (TPSA) is 101 Å². The van der Waals surface area contributed by atoms with Crippen LogP contribution in [0.3, 0.4) is 0 Å². The lowest BCUT2D eigenvalue weighted by molar-refractivity contribution is -0.114. The Morgan fingerprint density at radius 2 is 2.07 bits per heavy atom. The number of anilines is 1. The molecule has 1 aromatic heterocycles. The second-order valence-corrected chi connectivity index (χ2v) is 9.61. The van der Waals surface area contributed by atoms with Crippen molar-refractivity contribution in [2.75, 3.05) is 44.7 Å². The van der Waals surface area contributed by atoms with Gasteiger partial charge in [0, 0.05) is 26.6 Å². The fourth-order valence-corrected chi connectivity index (χ4v) is 5.22. The quantitative estimate of drug-likeness (QED) is 0.612. The molecule has 1 saturated heterocycles. The van der Waals surface area contributed by atoms with Gasteiger partial charge in [0.15, 0.2) is 5.13 Å². The summed E-state index contributed by atoms with van der Waals surface area (Å²) in [6.07, 6.45) is 0.743. The minimum absolute atomic E-state index is 0.192. The molecule has 1 aromatic carbocycles. The van der Waals surface area contributed by atoms with Gasteiger partial charge in [-0.2, -0.15) is 0 Å². The van der Waals surface area contributed by atoms with Gasteiger partial charge in [0.2, 0.25) is 15.9 Å². The molecule has 8 nitrogen and oxygen atoms in total. The van der Waals surface area contributed by atoms with Gasteiger partial charge in [-0.1, -0.05) is 23.5 Å². The van der Waals surface area contributed by atoms with Crippen molar-refractivity contribution in [2.24, 2.45) is 0 Å². The number of carbonyl (C=O) groups excluding carboxylic acids is 1. The number of carbonyl (C=O) groups is 1. The molecule has 1 aliphatic rings. The molecule has 1 amide bonds. The van der Waals surface area contributed by atoms with Crippen molar-refractivity contribution < 1.29 is 17.9 Å². The molecule has 1 aliphatic heterocycles. The standard InChI is InChI=1S/C19H26N4O4S2/c1-14-18(28-19(21-14)22-15(2)24)16-5-3-6-17(13-16)29(25,26)20-7-4-8-23-9-11-27-12-10-23/h3,5-6,13,20H,4,7-12H2,1-2H3,(H,21,22,24). The molecule has 2 N–H and O–H groups in total. The van der Waals surface area contributed by atoms with Crippen LogP contribution in [-0.2, 0) is 19.6 Å².